The number of rotatable bonds is 5. The van der Waals surface area contributed by atoms with E-state index in [1.807, 2.05) is 29.2 Å². The highest BCUT2D eigenvalue weighted by atomic mass is 16.5. The van der Waals surface area contributed by atoms with Gasteiger partial charge in [-0.15, -0.1) is 0 Å². The van der Waals surface area contributed by atoms with E-state index < -0.39 is 0 Å². The van der Waals surface area contributed by atoms with Gasteiger partial charge in [-0.3, -0.25) is 9.69 Å². The monoisotopic (exact) mass is 344 g/mol. The van der Waals surface area contributed by atoms with Crippen LogP contribution < -0.4 is 9.47 Å². The van der Waals surface area contributed by atoms with Gasteiger partial charge >= 0.3 is 0 Å². The van der Waals surface area contributed by atoms with Crippen molar-refractivity contribution in [1.29, 1.82) is 0 Å². The first-order valence-corrected chi connectivity index (χ1v) is 9.14. The molecule has 1 aliphatic carbocycles. The molecule has 0 aromatic heterocycles. The van der Waals surface area contributed by atoms with Crippen LogP contribution in [0.4, 0.5) is 0 Å². The summed E-state index contributed by atoms with van der Waals surface area (Å²) in [6.07, 6.45) is 8.84. The fraction of sp³-hybridized carbons (Fsp3) is 0.550. The molecule has 1 aromatic rings. The number of hydrogen-bond donors (Lipinski definition) is 0. The summed E-state index contributed by atoms with van der Waals surface area (Å²) in [5.41, 5.74) is 0.876. The van der Waals surface area contributed by atoms with Crippen LogP contribution in [-0.4, -0.2) is 62.1 Å². The smallest absolute Gasteiger partial charge is 0.246 e. The van der Waals surface area contributed by atoms with E-state index in [0.717, 1.165) is 43.5 Å². The Balaban J connectivity index is 1.56. The zero-order valence-corrected chi connectivity index (χ0v) is 15.2. The number of benzene rings is 1. The van der Waals surface area contributed by atoms with Crippen molar-refractivity contribution in [2.75, 3.05) is 40.4 Å². The summed E-state index contributed by atoms with van der Waals surface area (Å²) in [6, 6.07) is 6.34. The van der Waals surface area contributed by atoms with Crippen molar-refractivity contribution in [3.63, 3.8) is 0 Å². The van der Waals surface area contributed by atoms with Crippen LogP contribution >= 0.6 is 0 Å². The highest BCUT2D eigenvalue weighted by Gasteiger charge is 2.27. The number of hydrogen-bond acceptors (Lipinski definition) is 4. The highest BCUT2D eigenvalue weighted by Crippen LogP contribution is 2.26. The molecule has 2 fully saturated rings. The molecule has 5 heteroatoms. The Labute approximate surface area is 150 Å². The third-order valence-electron chi connectivity index (χ3n) is 5.31. The van der Waals surface area contributed by atoms with Crippen molar-refractivity contribution in [2.24, 2.45) is 0 Å². The van der Waals surface area contributed by atoms with Crippen LogP contribution in [0.3, 0.4) is 0 Å². The molecule has 0 spiro atoms. The van der Waals surface area contributed by atoms with E-state index in [2.05, 4.69) is 4.90 Å². The number of carbonyl (C=O) groups is 1. The van der Waals surface area contributed by atoms with E-state index in [0.29, 0.717) is 5.75 Å². The number of methoxy groups -OCH3 is 2. The Hall–Kier alpha value is -2.01. The first kappa shape index (κ1) is 17.8. The second-order valence-corrected chi connectivity index (χ2v) is 6.74. The van der Waals surface area contributed by atoms with E-state index >= 15 is 0 Å². The lowest BCUT2D eigenvalue weighted by Gasteiger charge is -2.37. The Morgan fingerprint density at radius 1 is 1.08 bits per heavy atom. The zero-order valence-electron chi connectivity index (χ0n) is 15.2. The zero-order chi connectivity index (χ0) is 17.6. The molecule has 0 radical (unpaired) electrons. The topological polar surface area (TPSA) is 42.0 Å². The van der Waals surface area contributed by atoms with Crippen LogP contribution in [0.2, 0.25) is 0 Å². The second-order valence-electron chi connectivity index (χ2n) is 6.74. The Morgan fingerprint density at radius 3 is 2.44 bits per heavy atom. The van der Waals surface area contributed by atoms with Gasteiger partial charge in [0.25, 0.3) is 0 Å². The van der Waals surface area contributed by atoms with Crippen LogP contribution in [-0.2, 0) is 4.79 Å². The summed E-state index contributed by atoms with van der Waals surface area (Å²) >= 11 is 0. The molecule has 1 heterocycles. The minimum Gasteiger partial charge on any atom is -0.497 e. The minimum atomic E-state index is 0.0731. The summed E-state index contributed by atoms with van der Waals surface area (Å²) in [4.78, 5) is 17.0. The SMILES string of the molecule is COc1ccc(/C=C\C(=O)N2CCN(C3CCCC3)CC2)c(OC)c1. The van der Waals surface area contributed by atoms with Crippen molar-refractivity contribution < 1.29 is 14.3 Å². The third kappa shape index (κ3) is 4.34. The molecule has 1 saturated heterocycles. The number of amides is 1. The first-order chi connectivity index (χ1) is 12.2. The maximum absolute atomic E-state index is 12.5. The van der Waals surface area contributed by atoms with E-state index in [1.54, 1.807) is 20.3 Å². The predicted molar refractivity (Wildman–Crippen MR) is 99.0 cm³/mol. The minimum absolute atomic E-state index is 0.0731. The first-order valence-electron chi connectivity index (χ1n) is 9.14. The predicted octanol–water partition coefficient (Wildman–Crippen LogP) is 2.80. The highest BCUT2D eigenvalue weighted by molar-refractivity contribution is 5.92. The number of carbonyl (C=O) groups excluding carboxylic acids is 1. The molecule has 3 rings (SSSR count). The molecule has 25 heavy (non-hydrogen) atoms. The van der Waals surface area contributed by atoms with Crippen molar-refractivity contribution in [1.82, 2.24) is 9.80 Å². The Kier molecular flexibility index (Phi) is 5.97. The van der Waals surface area contributed by atoms with Gasteiger partial charge in [-0.25, -0.2) is 0 Å². The Bertz CT molecular complexity index is 615. The average molecular weight is 344 g/mol. The van der Waals surface area contributed by atoms with Crippen LogP contribution in [0, 0.1) is 0 Å². The van der Waals surface area contributed by atoms with E-state index in [9.17, 15) is 4.79 Å². The number of nitrogens with zero attached hydrogens (tertiary/aromatic N) is 2. The molecule has 0 atom stereocenters. The van der Waals surface area contributed by atoms with Gasteiger partial charge < -0.3 is 14.4 Å². The lowest BCUT2D eigenvalue weighted by molar-refractivity contribution is -0.127. The summed E-state index contributed by atoms with van der Waals surface area (Å²) in [5, 5.41) is 0. The van der Waals surface area contributed by atoms with Crippen LogP contribution in [0.5, 0.6) is 11.5 Å². The second kappa shape index (κ2) is 8.39. The van der Waals surface area contributed by atoms with Gasteiger partial charge in [-0.05, 0) is 31.1 Å². The summed E-state index contributed by atoms with van der Waals surface area (Å²) in [7, 11) is 3.25. The van der Waals surface area contributed by atoms with Crippen LogP contribution in [0.25, 0.3) is 6.08 Å². The van der Waals surface area contributed by atoms with Gasteiger partial charge in [0.05, 0.1) is 14.2 Å². The standard InChI is InChI=1S/C20H28N2O3/c1-24-18-9-7-16(19(15-18)25-2)8-10-20(23)22-13-11-21(12-14-22)17-5-3-4-6-17/h7-10,15,17H,3-6,11-14H2,1-2H3/b10-8-. The molecule has 0 unspecified atom stereocenters. The Morgan fingerprint density at radius 2 is 1.80 bits per heavy atom. The van der Waals surface area contributed by atoms with E-state index in [4.69, 9.17) is 9.47 Å². The molecule has 5 nitrogen and oxygen atoms in total. The fourth-order valence-corrected chi connectivity index (χ4v) is 3.80. The third-order valence-corrected chi connectivity index (χ3v) is 5.31. The molecule has 0 N–H and O–H groups in total. The average Bonchev–Trinajstić information content (AvgIpc) is 3.20. The van der Waals surface area contributed by atoms with Crippen molar-refractivity contribution in [2.45, 2.75) is 31.7 Å². The molecule has 1 amide bonds. The van der Waals surface area contributed by atoms with Gasteiger partial charge in [0.1, 0.15) is 11.5 Å². The molecule has 136 valence electrons. The van der Waals surface area contributed by atoms with Crippen molar-refractivity contribution >= 4 is 12.0 Å². The maximum Gasteiger partial charge on any atom is 0.246 e. The maximum atomic E-state index is 12.5. The van der Waals surface area contributed by atoms with Gasteiger partial charge in [0.2, 0.25) is 5.91 Å². The molecule has 1 saturated carbocycles. The van der Waals surface area contributed by atoms with Gasteiger partial charge in [-0.1, -0.05) is 12.8 Å². The molecular formula is C20H28N2O3. The van der Waals surface area contributed by atoms with Gasteiger partial charge in [0, 0.05) is 49.9 Å². The normalized spacial score (nSPS) is 19.5. The van der Waals surface area contributed by atoms with Crippen molar-refractivity contribution in [3.05, 3.63) is 29.8 Å². The number of ether oxygens (including phenoxy) is 2. The largest absolute Gasteiger partial charge is 0.497 e. The lowest BCUT2D eigenvalue weighted by atomic mass is 10.1. The van der Waals surface area contributed by atoms with E-state index in [-0.39, 0.29) is 5.91 Å². The van der Waals surface area contributed by atoms with Crippen LogP contribution in [0.15, 0.2) is 24.3 Å². The van der Waals surface area contributed by atoms with Gasteiger partial charge in [-0.2, -0.15) is 0 Å². The molecular weight excluding hydrogens is 316 g/mol. The summed E-state index contributed by atoms with van der Waals surface area (Å²) in [6.45, 7) is 3.63. The van der Waals surface area contributed by atoms with Crippen molar-refractivity contribution in [3.8, 4) is 11.5 Å². The molecule has 0 bridgehead atoms. The molecule has 1 aromatic carbocycles. The van der Waals surface area contributed by atoms with Gasteiger partial charge in [0.15, 0.2) is 0 Å². The van der Waals surface area contributed by atoms with E-state index in [1.165, 1.54) is 25.7 Å². The molecule has 1 aliphatic heterocycles. The summed E-state index contributed by atoms with van der Waals surface area (Å²) in [5.74, 6) is 1.52. The summed E-state index contributed by atoms with van der Waals surface area (Å²) < 4.78 is 10.6. The fourth-order valence-electron chi connectivity index (χ4n) is 3.80. The lowest BCUT2D eigenvalue weighted by Crippen LogP contribution is -2.51. The molecule has 2 aliphatic rings. The quantitative estimate of drug-likeness (QED) is 0.771. The van der Waals surface area contributed by atoms with Crippen LogP contribution in [0.1, 0.15) is 31.2 Å². The number of piperazine rings is 1.